The summed E-state index contributed by atoms with van der Waals surface area (Å²) in [5, 5.41) is 21.2. The van der Waals surface area contributed by atoms with Crippen molar-refractivity contribution < 1.29 is 14.4 Å². The molecule has 3 unspecified atom stereocenters. The molecule has 0 saturated heterocycles. The van der Waals surface area contributed by atoms with Crippen LogP contribution in [-0.4, -0.2) is 16.1 Å². The van der Waals surface area contributed by atoms with Gasteiger partial charge in [-0.25, -0.2) is 4.39 Å². The van der Waals surface area contributed by atoms with Gasteiger partial charge in [-0.3, -0.25) is 10.1 Å². The summed E-state index contributed by atoms with van der Waals surface area (Å²) in [5.41, 5.74) is 1.21. The third kappa shape index (κ3) is 2.52. The molecule has 21 heavy (non-hydrogen) atoms. The van der Waals surface area contributed by atoms with Crippen molar-refractivity contribution in [2.24, 2.45) is 0 Å². The van der Waals surface area contributed by atoms with Crippen molar-refractivity contribution in [3.63, 3.8) is 0 Å². The molecule has 0 saturated carbocycles. The molecule has 0 spiro atoms. The lowest BCUT2D eigenvalue weighted by atomic mass is 9.95. The lowest BCUT2D eigenvalue weighted by molar-refractivity contribution is -0.536. The maximum absolute atomic E-state index is 13.0. The first-order valence-corrected chi connectivity index (χ1v) is 7.28. The highest BCUT2D eigenvalue weighted by Crippen LogP contribution is 2.49. The van der Waals surface area contributed by atoms with E-state index >= 15 is 0 Å². The number of benzene rings is 2. The minimum absolute atomic E-state index is 0.391. The van der Waals surface area contributed by atoms with Crippen molar-refractivity contribution >= 4 is 11.8 Å². The summed E-state index contributed by atoms with van der Waals surface area (Å²) >= 11 is 1.33. The van der Waals surface area contributed by atoms with Crippen LogP contribution in [0, 0.1) is 15.9 Å². The van der Waals surface area contributed by atoms with Crippen molar-refractivity contribution in [2.75, 3.05) is 0 Å². The highest BCUT2D eigenvalue weighted by Gasteiger charge is 2.45. The number of aliphatic hydroxyl groups is 1. The molecular formula is C15H12FNO3S. The van der Waals surface area contributed by atoms with E-state index in [4.69, 9.17) is 0 Å². The Morgan fingerprint density at radius 2 is 1.81 bits per heavy atom. The van der Waals surface area contributed by atoms with Crippen LogP contribution in [0.3, 0.4) is 0 Å². The Labute approximate surface area is 124 Å². The molecule has 3 rings (SSSR count). The summed E-state index contributed by atoms with van der Waals surface area (Å²) in [6.45, 7) is 0. The van der Waals surface area contributed by atoms with Crippen molar-refractivity contribution in [1.29, 1.82) is 0 Å². The van der Waals surface area contributed by atoms with E-state index in [1.807, 2.05) is 12.1 Å². The van der Waals surface area contributed by atoms with Crippen molar-refractivity contribution in [3.8, 4) is 0 Å². The average molecular weight is 305 g/mol. The van der Waals surface area contributed by atoms with Crippen molar-refractivity contribution in [2.45, 2.75) is 22.3 Å². The lowest BCUT2D eigenvalue weighted by Crippen LogP contribution is -2.35. The molecule has 0 amide bonds. The van der Waals surface area contributed by atoms with Gasteiger partial charge in [-0.05, 0) is 23.8 Å². The van der Waals surface area contributed by atoms with Gasteiger partial charge < -0.3 is 5.11 Å². The number of halogens is 1. The summed E-state index contributed by atoms with van der Waals surface area (Å²) < 4.78 is 13.0. The zero-order valence-corrected chi connectivity index (χ0v) is 11.7. The Bertz CT molecular complexity index is 677. The van der Waals surface area contributed by atoms with E-state index < -0.39 is 28.1 Å². The number of fused-ring (bicyclic) bond motifs is 1. The summed E-state index contributed by atoms with van der Waals surface area (Å²) in [6, 6.07) is 11.6. The topological polar surface area (TPSA) is 63.4 Å². The van der Waals surface area contributed by atoms with Gasteiger partial charge in [0.05, 0.1) is 0 Å². The molecule has 4 nitrogen and oxygen atoms in total. The zero-order valence-electron chi connectivity index (χ0n) is 10.8. The molecular weight excluding hydrogens is 293 g/mol. The zero-order chi connectivity index (χ0) is 15.0. The van der Waals surface area contributed by atoms with E-state index in [9.17, 15) is 19.6 Å². The predicted molar refractivity (Wildman–Crippen MR) is 77.2 cm³/mol. The van der Waals surface area contributed by atoms with Gasteiger partial charge in [-0.15, -0.1) is 11.8 Å². The van der Waals surface area contributed by atoms with Crippen LogP contribution in [-0.2, 0) is 0 Å². The molecule has 2 aromatic rings. The van der Waals surface area contributed by atoms with E-state index in [0.29, 0.717) is 11.1 Å². The molecule has 2 aromatic carbocycles. The average Bonchev–Trinajstić information content (AvgIpc) is 2.47. The maximum atomic E-state index is 13.0. The number of nitrogens with zero attached hydrogens (tertiary/aromatic N) is 1. The minimum atomic E-state index is -1.17. The Morgan fingerprint density at radius 1 is 1.14 bits per heavy atom. The Hall–Kier alpha value is -1.92. The Kier molecular flexibility index (Phi) is 3.65. The second-order valence-electron chi connectivity index (χ2n) is 4.85. The third-order valence-corrected chi connectivity index (χ3v) is 5.00. The fraction of sp³-hybridized carbons (Fsp3) is 0.200. The first-order chi connectivity index (χ1) is 10.1. The van der Waals surface area contributed by atoms with Gasteiger partial charge in [-0.1, -0.05) is 30.3 Å². The molecule has 1 N–H and O–H groups in total. The monoisotopic (exact) mass is 305 g/mol. The summed E-state index contributed by atoms with van der Waals surface area (Å²) in [6.07, 6.45) is -1.17. The van der Waals surface area contributed by atoms with Crippen molar-refractivity contribution in [3.05, 3.63) is 75.6 Å². The third-order valence-electron chi connectivity index (χ3n) is 3.57. The standard InChI is InChI=1S/C15H12FNO3S/c16-10-7-5-9(6-8-10)15-13(17(19)20)14(18)11-3-1-2-4-12(11)21-15/h1-8,13-15,18H. The number of rotatable bonds is 2. The Morgan fingerprint density at radius 3 is 2.48 bits per heavy atom. The van der Waals surface area contributed by atoms with E-state index in [-0.39, 0.29) is 0 Å². The van der Waals surface area contributed by atoms with E-state index in [2.05, 4.69) is 0 Å². The SMILES string of the molecule is O=[N+]([O-])C1C(O)c2ccccc2SC1c1ccc(F)cc1. The number of nitro groups is 1. The van der Waals surface area contributed by atoms with E-state index in [1.165, 1.54) is 36.0 Å². The summed E-state index contributed by atoms with van der Waals surface area (Å²) in [4.78, 5) is 11.7. The molecule has 6 heteroatoms. The van der Waals surface area contributed by atoms with Gasteiger partial charge in [0.1, 0.15) is 17.2 Å². The van der Waals surface area contributed by atoms with Crippen LogP contribution in [0.2, 0.25) is 0 Å². The normalized spacial score (nSPS) is 24.4. The number of aliphatic hydroxyl groups excluding tert-OH is 1. The fourth-order valence-electron chi connectivity index (χ4n) is 2.53. The first kappa shape index (κ1) is 14.0. The van der Waals surface area contributed by atoms with Crippen LogP contribution in [0.1, 0.15) is 22.5 Å². The maximum Gasteiger partial charge on any atom is 0.258 e. The molecule has 1 aliphatic rings. The van der Waals surface area contributed by atoms with Crippen molar-refractivity contribution in [1.82, 2.24) is 0 Å². The minimum Gasteiger partial charge on any atom is -0.381 e. The van der Waals surface area contributed by atoms with Gasteiger partial charge in [-0.2, -0.15) is 0 Å². The second kappa shape index (κ2) is 5.46. The summed E-state index contributed by atoms with van der Waals surface area (Å²) in [7, 11) is 0. The lowest BCUT2D eigenvalue weighted by Gasteiger charge is -2.31. The molecule has 0 bridgehead atoms. The van der Waals surface area contributed by atoms with Gasteiger partial charge in [0.2, 0.25) is 0 Å². The van der Waals surface area contributed by atoms with Gasteiger partial charge in [0, 0.05) is 15.4 Å². The number of hydrogen-bond donors (Lipinski definition) is 1. The molecule has 1 aliphatic heterocycles. The largest absolute Gasteiger partial charge is 0.381 e. The number of hydrogen-bond acceptors (Lipinski definition) is 4. The predicted octanol–water partition coefficient (Wildman–Crippen LogP) is 3.35. The highest BCUT2D eigenvalue weighted by molar-refractivity contribution is 7.99. The molecule has 0 fully saturated rings. The van der Waals surface area contributed by atoms with Crippen LogP contribution >= 0.6 is 11.8 Å². The van der Waals surface area contributed by atoms with Crippen LogP contribution in [0.15, 0.2) is 53.4 Å². The number of thioether (sulfide) groups is 1. The van der Waals surface area contributed by atoms with Crippen LogP contribution < -0.4 is 0 Å². The molecule has 0 aliphatic carbocycles. The first-order valence-electron chi connectivity index (χ1n) is 6.40. The van der Waals surface area contributed by atoms with Crippen LogP contribution in [0.5, 0.6) is 0 Å². The van der Waals surface area contributed by atoms with E-state index in [0.717, 1.165) is 4.90 Å². The van der Waals surface area contributed by atoms with Crippen LogP contribution in [0.25, 0.3) is 0 Å². The molecule has 3 atom stereocenters. The molecule has 0 radical (unpaired) electrons. The quantitative estimate of drug-likeness (QED) is 0.682. The second-order valence-corrected chi connectivity index (χ2v) is 6.03. The van der Waals surface area contributed by atoms with Gasteiger partial charge >= 0.3 is 0 Å². The summed E-state index contributed by atoms with van der Waals surface area (Å²) in [5.74, 6) is -0.391. The van der Waals surface area contributed by atoms with Gasteiger partial charge in [0.25, 0.3) is 6.04 Å². The Balaban J connectivity index is 2.06. The molecule has 1 heterocycles. The highest BCUT2D eigenvalue weighted by atomic mass is 32.2. The van der Waals surface area contributed by atoms with Crippen LogP contribution in [0.4, 0.5) is 4.39 Å². The van der Waals surface area contributed by atoms with Gasteiger partial charge in [0.15, 0.2) is 0 Å². The molecule has 108 valence electrons. The smallest absolute Gasteiger partial charge is 0.258 e. The molecule has 0 aromatic heterocycles. The fourth-order valence-corrected chi connectivity index (χ4v) is 3.97. The van der Waals surface area contributed by atoms with E-state index in [1.54, 1.807) is 12.1 Å².